The number of unbranched alkanes of at least 4 members (excludes halogenated alkanes) is 24. The minimum atomic E-state index is -0.0498. The molecule has 0 bridgehead atoms. The molecule has 4 heteroatoms. The van der Waals surface area contributed by atoms with E-state index in [1.165, 1.54) is 141 Å². The van der Waals surface area contributed by atoms with Crippen molar-refractivity contribution < 1.29 is 19.1 Å². The highest BCUT2D eigenvalue weighted by Crippen LogP contribution is 2.15. The fraction of sp³-hybridized carbons (Fsp3) is 0.943. The summed E-state index contributed by atoms with van der Waals surface area (Å²) in [5.41, 5.74) is 0. The first-order valence-electron chi connectivity index (χ1n) is 17.4. The molecule has 0 amide bonds. The van der Waals surface area contributed by atoms with Crippen LogP contribution in [0, 0.1) is 0 Å². The first-order valence-corrected chi connectivity index (χ1v) is 17.4. The highest BCUT2D eigenvalue weighted by atomic mass is 16.5. The lowest BCUT2D eigenvalue weighted by atomic mass is 10.0. The van der Waals surface area contributed by atoms with Gasteiger partial charge in [0.15, 0.2) is 0 Å². The molecule has 0 aromatic heterocycles. The van der Waals surface area contributed by atoms with Crippen molar-refractivity contribution >= 4 is 11.9 Å². The molecule has 0 radical (unpaired) electrons. The van der Waals surface area contributed by atoms with Crippen molar-refractivity contribution in [3.63, 3.8) is 0 Å². The molecule has 39 heavy (non-hydrogen) atoms. The second-order valence-corrected chi connectivity index (χ2v) is 12.1. The first-order chi connectivity index (χ1) is 19.1. The lowest BCUT2D eigenvalue weighted by Crippen LogP contribution is -2.10. The summed E-state index contributed by atoms with van der Waals surface area (Å²) < 4.78 is 10.6. The molecule has 0 aromatic rings. The molecule has 0 aliphatic carbocycles. The topological polar surface area (TPSA) is 52.6 Å². The van der Waals surface area contributed by atoms with Crippen LogP contribution in [-0.2, 0) is 19.1 Å². The van der Waals surface area contributed by atoms with Crippen molar-refractivity contribution in [2.45, 2.75) is 207 Å². The molecular weight excluding hydrogens is 484 g/mol. The van der Waals surface area contributed by atoms with Crippen molar-refractivity contribution in [2.24, 2.45) is 0 Å². The van der Waals surface area contributed by atoms with E-state index in [1.807, 2.05) is 13.8 Å². The molecule has 0 aliphatic heterocycles. The second-order valence-electron chi connectivity index (χ2n) is 12.1. The minimum absolute atomic E-state index is 0.00531. The predicted molar refractivity (Wildman–Crippen MR) is 167 cm³/mol. The SMILES string of the molecule is CCCCCCCCCCCCCCCC(=O)OCCCCCCCCCCCCCCCC(=O)OC(C)C. The summed E-state index contributed by atoms with van der Waals surface area (Å²) in [7, 11) is 0. The van der Waals surface area contributed by atoms with Gasteiger partial charge < -0.3 is 9.47 Å². The van der Waals surface area contributed by atoms with Crippen LogP contribution in [0.4, 0.5) is 0 Å². The van der Waals surface area contributed by atoms with Gasteiger partial charge in [0, 0.05) is 12.8 Å². The van der Waals surface area contributed by atoms with Crippen LogP contribution in [0.2, 0.25) is 0 Å². The standard InChI is InChI=1S/C35H68O4/c1-4-5-6-7-8-9-10-12-15-18-21-24-27-30-34(36)38-32-29-26-23-20-17-14-11-13-16-19-22-25-28-31-35(37)39-33(2)3/h33H,4-32H2,1-3H3. The number of carbonyl (C=O) groups is 2. The molecule has 0 N–H and O–H groups in total. The highest BCUT2D eigenvalue weighted by molar-refractivity contribution is 5.69. The Morgan fingerprint density at radius 2 is 0.744 bits per heavy atom. The van der Waals surface area contributed by atoms with Crippen LogP contribution in [0.5, 0.6) is 0 Å². The van der Waals surface area contributed by atoms with Crippen molar-refractivity contribution in [2.75, 3.05) is 6.61 Å². The third kappa shape index (κ3) is 33.0. The van der Waals surface area contributed by atoms with Crippen LogP contribution >= 0.6 is 0 Å². The van der Waals surface area contributed by atoms with Crippen LogP contribution in [0.1, 0.15) is 201 Å². The monoisotopic (exact) mass is 553 g/mol. The van der Waals surface area contributed by atoms with E-state index in [9.17, 15) is 9.59 Å². The Kier molecular flexibility index (Phi) is 30.6. The van der Waals surface area contributed by atoms with Gasteiger partial charge in [0.25, 0.3) is 0 Å². The van der Waals surface area contributed by atoms with Crippen LogP contribution < -0.4 is 0 Å². The number of hydrogen-bond donors (Lipinski definition) is 0. The van der Waals surface area contributed by atoms with E-state index < -0.39 is 0 Å². The molecule has 0 saturated carbocycles. The smallest absolute Gasteiger partial charge is 0.306 e. The second kappa shape index (κ2) is 31.5. The maximum atomic E-state index is 11.9. The van der Waals surface area contributed by atoms with Gasteiger partial charge in [0.05, 0.1) is 12.7 Å². The highest BCUT2D eigenvalue weighted by Gasteiger charge is 2.05. The van der Waals surface area contributed by atoms with Crippen LogP contribution in [-0.4, -0.2) is 24.6 Å². The molecule has 0 aliphatic rings. The van der Waals surface area contributed by atoms with E-state index in [2.05, 4.69) is 6.92 Å². The van der Waals surface area contributed by atoms with Gasteiger partial charge in [0.1, 0.15) is 0 Å². The van der Waals surface area contributed by atoms with Gasteiger partial charge >= 0.3 is 11.9 Å². The van der Waals surface area contributed by atoms with Gasteiger partial charge in [-0.2, -0.15) is 0 Å². The molecule has 0 atom stereocenters. The number of carbonyl (C=O) groups excluding carboxylic acids is 2. The van der Waals surface area contributed by atoms with Gasteiger partial charge in [-0.1, -0.05) is 155 Å². The third-order valence-electron chi connectivity index (χ3n) is 7.64. The lowest BCUT2D eigenvalue weighted by Gasteiger charge is -2.07. The summed E-state index contributed by atoms with van der Waals surface area (Å²) in [5.74, 6) is -0.0436. The maximum Gasteiger partial charge on any atom is 0.306 e. The molecule has 232 valence electrons. The molecule has 0 saturated heterocycles. The Bertz CT molecular complexity index is 517. The Morgan fingerprint density at radius 1 is 0.436 bits per heavy atom. The van der Waals surface area contributed by atoms with Gasteiger partial charge in [-0.05, 0) is 33.1 Å². The zero-order valence-electron chi connectivity index (χ0n) is 26.7. The van der Waals surface area contributed by atoms with Crippen LogP contribution in [0.15, 0.2) is 0 Å². The largest absolute Gasteiger partial charge is 0.466 e. The van der Waals surface area contributed by atoms with E-state index in [4.69, 9.17) is 9.47 Å². The summed E-state index contributed by atoms with van der Waals surface area (Å²) >= 11 is 0. The number of hydrogen-bond acceptors (Lipinski definition) is 4. The maximum absolute atomic E-state index is 11.9. The minimum Gasteiger partial charge on any atom is -0.466 e. The fourth-order valence-corrected chi connectivity index (χ4v) is 5.18. The number of ether oxygens (including phenoxy) is 2. The molecule has 0 heterocycles. The predicted octanol–water partition coefficient (Wildman–Crippen LogP) is 11.4. The van der Waals surface area contributed by atoms with Gasteiger partial charge in [-0.15, -0.1) is 0 Å². The van der Waals surface area contributed by atoms with Crippen LogP contribution in [0.3, 0.4) is 0 Å². The van der Waals surface area contributed by atoms with Crippen molar-refractivity contribution in [1.82, 2.24) is 0 Å². The summed E-state index contributed by atoms with van der Waals surface area (Å²) in [6.07, 6.45) is 34.6. The molecule has 4 nitrogen and oxygen atoms in total. The quantitative estimate of drug-likeness (QED) is 0.0634. The normalized spacial score (nSPS) is 11.3. The van der Waals surface area contributed by atoms with E-state index in [-0.39, 0.29) is 18.0 Å². The summed E-state index contributed by atoms with van der Waals surface area (Å²) in [5, 5.41) is 0. The van der Waals surface area contributed by atoms with E-state index >= 15 is 0 Å². The molecular formula is C35H68O4. The molecule has 0 fully saturated rings. The third-order valence-corrected chi connectivity index (χ3v) is 7.64. The lowest BCUT2D eigenvalue weighted by molar-refractivity contribution is -0.147. The fourth-order valence-electron chi connectivity index (χ4n) is 5.18. The zero-order valence-corrected chi connectivity index (χ0v) is 26.7. The first kappa shape index (κ1) is 37.9. The zero-order chi connectivity index (χ0) is 28.7. The van der Waals surface area contributed by atoms with E-state index in [1.54, 1.807) is 0 Å². The van der Waals surface area contributed by atoms with E-state index in [0.717, 1.165) is 25.7 Å². The Labute approximate surface area is 244 Å². The molecule has 0 spiro atoms. The average molecular weight is 553 g/mol. The molecule has 0 aromatic carbocycles. The number of esters is 2. The van der Waals surface area contributed by atoms with Crippen molar-refractivity contribution in [3.8, 4) is 0 Å². The Hall–Kier alpha value is -1.06. The average Bonchev–Trinajstić information content (AvgIpc) is 2.90. The summed E-state index contributed by atoms with van der Waals surface area (Å²) in [6, 6.07) is 0. The van der Waals surface area contributed by atoms with Crippen molar-refractivity contribution in [1.29, 1.82) is 0 Å². The van der Waals surface area contributed by atoms with Crippen molar-refractivity contribution in [3.05, 3.63) is 0 Å². The van der Waals surface area contributed by atoms with E-state index in [0.29, 0.717) is 19.4 Å². The number of rotatable bonds is 31. The summed E-state index contributed by atoms with van der Waals surface area (Å²) in [6.45, 7) is 6.69. The van der Waals surface area contributed by atoms with Crippen LogP contribution in [0.25, 0.3) is 0 Å². The van der Waals surface area contributed by atoms with Gasteiger partial charge in [-0.25, -0.2) is 0 Å². The molecule has 0 rings (SSSR count). The van der Waals surface area contributed by atoms with Gasteiger partial charge in [-0.3, -0.25) is 9.59 Å². The summed E-state index contributed by atoms with van der Waals surface area (Å²) in [4.78, 5) is 23.4. The van der Waals surface area contributed by atoms with Gasteiger partial charge in [0.2, 0.25) is 0 Å². The Balaban J connectivity index is 3.19. The molecule has 0 unspecified atom stereocenters. The Morgan fingerprint density at radius 3 is 1.10 bits per heavy atom.